The van der Waals surface area contributed by atoms with Gasteiger partial charge in [-0.3, -0.25) is 4.79 Å². The van der Waals surface area contributed by atoms with E-state index in [0.29, 0.717) is 29.6 Å². The monoisotopic (exact) mass is 237 g/mol. The first-order valence-corrected chi connectivity index (χ1v) is 7.10. The minimum Gasteiger partial charge on any atom is -0.393 e. The highest BCUT2D eigenvalue weighted by Crippen LogP contribution is 2.56. The van der Waals surface area contributed by atoms with Crippen molar-refractivity contribution in [2.45, 2.75) is 44.6 Å². The largest absolute Gasteiger partial charge is 0.393 e. The molecule has 0 aromatic heterocycles. The Morgan fingerprint density at radius 3 is 2.35 bits per heavy atom. The SMILES string of the molecule is CN(CC1CC(O)C1)C(=O)C1C2CCCCC21. The van der Waals surface area contributed by atoms with Crippen molar-refractivity contribution in [2.24, 2.45) is 23.7 Å². The standard InChI is InChI=1S/C14H23NO2/c1-15(8-9-6-10(16)7-9)14(17)13-11-4-2-3-5-12(11)13/h9-13,16H,2-8H2,1H3. The van der Waals surface area contributed by atoms with E-state index in [4.69, 9.17) is 0 Å². The second-order valence-corrected chi connectivity index (χ2v) is 6.35. The number of fused-ring (bicyclic) bond motifs is 1. The Kier molecular flexibility index (Phi) is 2.89. The molecular formula is C14H23NO2. The Morgan fingerprint density at radius 1 is 1.24 bits per heavy atom. The lowest BCUT2D eigenvalue weighted by atomic mass is 9.82. The van der Waals surface area contributed by atoms with E-state index in [2.05, 4.69) is 0 Å². The predicted octanol–water partition coefficient (Wildman–Crippen LogP) is 1.65. The first-order chi connectivity index (χ1) is 8.16. The van der Waals surface area contributed by atoms with E-state index in [0.717, 1.165) is 19.4 Å². The number of amides is 1. The molecule has 2 unspecified atom stereocenters. The average Bonchev–Trinajstić information content (AvgIpc) is 3.00. The van der Waals surface area contributed by atoms with Crippen LogP contribution < -0.4 is 0 Å². The van der Waals surface area contributed by atoms with Crippen LogP contribution in [0.1, 0.15) is 38.5 Å². The van der Waals surface area contributed by atoms with Gasteiger partial charge >= 0.3 is 0 Å². The minimum atomic E-state index is -0.105. The van der Waals surface area contributed by atoms with Gasteiger partial charge in [-0.15, -0.1) is 0 Å². The lowest BCUT2D eigenvalue weighted by Gasteiger charge is -2.34. The number of aliphatic hydroxyl groups excluding tert-OH is 1. The fourth-order valence-electron chi connectivity index (χ4n) is 3.94. The number of hydrogen-bond donors (Lipinski definition) is 1. The molecule has 3 rings (SSSR count). The Labute approximate surface area is 103 Å². The molecule has 0 saturated heterocycles. The van der Waals surface area contributed by atoms with Crippen LogP contribution in [0.15, 0.2) is 0 Å². The zero-order valence-corrected chi connectivity index (χ0v) is 10.6. The molecule has 1 N–H and O–H groups in total. The van der Waals surface area contributed by atoms with Gasteiger partial charge in [-0.2, -0.15) is 0 Å². The molecule has 17 heavy (non-hydrogen) atoms. The Balaban J connectivity index is 1.49. The number of hydrogen-bond acceptors (Lipinski definition) is 2. The summed E-state index contributed by atoms with van der Waals surface area (Å²) in [6.45, 7) is 0.853. The summed E-state index contributed by atoms with van der Waals surface area (Å²) in [7, 11) is 1.94. The number of carbonyl (C=O) groups excluding carboxylic acids is 1. The van der Waals surface area contributed by atoms with Crippen molar-refractivity contribution < 1.29 is 9.90 Å². The van der Waals surface area contributed by atoms with E-state index >= 15 is 0 Å². The van der Waals surface area contributed by atoms with E-state index in [1.54, 1.807) is 0 Å². The zero-order valence-electron chi connectivity index (χ0n) is 10.6. The molecule has 1 amide bonds. The molecule has 0 aliphatic heterocycles. The fraction of sp³-hybridized carbons (Fsp3) is 0.929. The van der Waals surface area contributed by atoms with Gasteiger partial charge in [0.1, 0.15) is 0 Å². The smallest absolute Gasteiger partial charge is 0.226 e. The van der Waals surface area contributed by atoms with Gasteiger partial charge in [0.2, 0.25) is 5.91 Å². The maximum absolute atomic E-state index is 12.3. The molecule has 0 spiro atoms. The van der Waals surface area contributed by atoms with Crippen LogP contribution in [0.2, 0.25) is 0 Å². The maximum Gasteiger partial charge on any atom is 0.226 e. The van der Waals surface area contributed by atoms with E-state index in [9.17, 15) is 9.90 Å². The van der Waals surface area contributed by atoms with Gasteiger partial charge in [-0.05, 0) is 43.4 Å². The van der Waals surface area contributed by atoms with Gasteiger partial charge in [0, 0.05) is 19.5 Å². The summed E-state index contributed by atoms with van der Waals surface area (Å²) in [6, 6.07) is 0. The lowest BCUT2D eigenvalue weighted by molar-refractivity contribution is -0.133. The van der Waals surface area contributed by atoms with E-state index in [1.165, 1.54) is 25.7 Å². The minimum absolute atomic E-state index is 0.105. The maximum atomic E-state index is 12.3. The van der Waals surface area contributed by atoms with E-state index in [-0.39, 0.29) is 6.10 Å². The molecule has 3 nitrogen and oxygen atoms in total. The van der Waals surface area contributed by atoms with Crippen molar-refractivity contribution in [1.29, 1.82) is 0 Å². The van der Waals surface area contributed by atoms with Crippen molar-refractivity contribution in [3.05, 3.63) is 0 Å². The third kappa shape index (κ3) is 2.10. The van der Waals surface area contributed by atoms with Gasteiger partial charge in [-0.1, -0.05) is 12.8 Å². The summed E-state index contributed by atoms with van der Waals surface area (Å²) in [5.41, 5.74) is 0. The molecule has 3 fully saturated rings. The van der Waals surface area contributed by atoms with Crippen LogP contribution in [0.3, 0.4) is 0 Å². The van der Waals surface area contributed by atoms with Crippen molar-refractivity contribution >= 4 is 5.91 Å². The molecule has 3 aliphatic carbocycles. The molecular weight excluding hydrogens is 214 g/mol. The Hall–Kier alpha value is -0.570. The van der Waals surface area contributed by atoms with Gasteiger partial charge in [0.05, 0.1) is 6.10 Å². The molecule has 0 aromatic carbocycles. The van der Waals surface area contributed by atoms with Gasteiger partial charge in [-0.25, -0.2) is 0 Å². The summed E-state index contributed by atoms with van der Waals surface area (Å²) < 4.78 is 0. The average molecular weight is 237 g/mol. The quantitative estimate of drug-likeness (QED) is 0.811. The number of nitrogens with zero attached hydrogens (tertiary/aromatic N) is 1. The highest BCUT2D eigenvalue weighted by Gasteiger charge is 2.55. The third-order valence-corrected chi connectivity index (χ3v) is 5.06. The molecule has 2 atom stereocenters. The molecule has 3 aliphatic rings. The number of carbonyl (C=O) groups is 1. The van der Waals surface area contributed by atoms with Gasteiger partial charge < -0.3 is 10.0 Å². The molecule has 96 valence electrons. The summed E-state index contributed by atoms with van der Waals surface area (Å²) >= 11 is 0. The van der Waals surface area contributed by atoms with Crippen LogP contribution in [-0.4, -0.2) is 35.6 Å². The fourth-order valence-corrected chi connectivity index (χ4v) is 3.94. The molecule has 0 aromatic rings. The molecule has 3 heteroatoms. The van der Waals surface area contributed by atoms with Crippen LogP contribution in [0.4, 0.5) is 0 Å². The summed E-state index contributed by atoms with van der Waals surface area (Å²) in [4.78, 5) is 14.2. The van der Waals surface area contributed by atoms with Crippen LogP contribution >= 0.6 is 0 Å². The number of aliphatic hydroxyl groups is 1. The predicted molar refractivity (Wildman–Crippen MR) is 65.3 cm³/mol. The van der Waals surface area contributed by atoms with E-state index in [1.807, 2.05) is 11.9 Å². The zero-order chi connectivity index (χ0) is 12.0. The Morgan fingerprint density at radius 2 is 1.82 bits per heavy atom. The third-order valence-electron chi connectivity index (χ3n) is 5.06. The first-order valence-electron chi connectivity index (χ1n) is 7.10. The van der Waals surface area contributed by atoms with Crippen LogP contribution in [0, 0.1) is 23.7 Å². The van der Waals surface area contributed by atoms with Crippen LogP contribution in [0.25, 0.3) is 0 Å². The first kappa shape index (κ1) is 11.5. The molecule has 0 heterocycles. The van der Waals surface area contributed by atoms with Crippen LogP contribution in [0.5, 0.6) is 0 Å². The molecule has 3 saturated carbocycles. The highest BCUT2D eigenvalue weighted by molar-refractivity contribution is 5.82. The van der Waals surface area contributed by atoms with Crippen molar-refractivity contribution in [3.63, 3.8) is 0 Å². The van der Waals surface area contributed by atoms with Crippen molar-refractivity contribution in [2.75, 3.05) is 13.6 Å². The number of rotatable bonds is 3. The second-order valence-electron chi connectivity index (χ2n) is 6.35. The summed E-state index contributed by atoms with van der Waals surface area (Å²) in [5.74, 6) is 2.70. The van der Waals surface area contributed by atoms with E-state index < -0.39 is 0 Å². The highest BCUT2D eigenvalue weighted by atomic mass is 16.3. The van der Waals surface area contributed by atoms with Crippen LogP contribution in [-0.2, 0) is 4.79 Å². The van der Waals surface area contributed by atoms with Gasteiger partial charge in [0.25, 0.3) is 0 Å². The van der Waals surface area contributed by atoms with Crippen molar-refractivity contribution in [3.8, 4) is 0 Å². The topological polar surface area (TPSA) is 40.5 Å². The summed E-state index contributed by atoms with van der Waals surface area (Å²) in [5, 5.41) is 9.26. The lowest BCUT2D eigenvalue weighted by Crippen LogP contribution is -2.40. The molecule has 0 radical (unpaired) electrons. The van der Waals surface area contributed by atoms with Gasteiger partial charge in [0.15, 0.2) is 0 Å². The normalized spacial score (nSPS) is 43.5. The second kappa shape index (κ2) is 4.27. The summed E-state index contributed by atoms with van der Waals surface area (Å²) in [6.07, 6.45) is 6.86. The van der Waals surface area contributed by atoms with Crippen molar-refractivity contribution in [1.82, 2.24) is 4.90 Å². The Bertz CT molecular complexity index is 299. The molecule has 0 bridgehead atoms.